The van der Waals surface area contributed by atoms with Gasteiger partial charge in [0.1, 0.15) is 0 Å². The average Bonchev–Trinajstić information content (AvgIpc) is 2.29. The number of rotatable bonds is 6. The molecule has 1 saturated carbocycles. The first-order valence-corrected chi connectivity index (χ1v) is 7.18. The van der Waals surface area contributed by atoms with Crippen molar-refractivity contribution >= 4 is 0 Å². The van der Waals surface area contributed by atoms with E-state index in [2.05, 4.69) is 11.9 Å². The Kier molecular flexibility index (Phi) is 7.82. The maximum atomic E-state index is 5.98. The van der Waals surface area contributed by atoms with Gasteiger partial charge in [-0.2, -0.15) is 0 Å². The molecule has 1 rings (SSSR count). The summed E-state index contributed by atoms with van der Waals surface area (Å²) in [5, 5.41) is 0. The number of likely N-dealkylation sites (N-methyl/N-ethyl adjacent to an activating group) is 1. The quantitative estimate of drug-likeness (QED) is 0.776. The summed E-state index contributed by atoms with van der Waals surface area (Å²) in [5.74, 6) is 0.794. The third-order valence-corrected chi connectivity index (χ3v) is 4.15. The Morgan fingerprint density at radius 1 is 1.18 bits per heavy atom. The smallest absolute Gasteiger partial charge is 0.0589 e. The second-order valence-corrected chi connectivity index (χ2v) is 5.38. The Morgan fingerprint density at radius 2 is 1.76 bits per heavy atom. The first-order chi connectivity index (χ1) is 8.29. The summed E-state index contributed by atoms with van der Waals surface area (Å²) < 4.78 is 5.16. The lowest BCUT2D eigenvalue weighted by molar-refractivity contribution is 0.108. The molecule has 0 bridgehead atoms. The Balaban J connectivity index is 2.44. The van der Waals surface area contributed by atoms with E-state index in [1.807, 2.05) is 0 Å². The standard InChI is InChI=1S/C14H30N2O/c1-16(10-11-17-2)14(12-15)13-8-6-4-3-5-7-9-13/h13-14H,3-12,15H2,1-2H3. The summed E-state index contributed by atoms with van der Waals surface area (Å²) in [6.45, 7) is 2.58. The van der Waals surface area contributed by atoms with Crippen LogP contribution in [0.3, 0.4) is 0 Å². The molecular formula is C14H30N2O. The second-order valence-electron chi connectivity index (χ2n) is 5.38. The van der Waals surface area contributed by atoms with Crippen molar-refractivity contribution in [1.29, 1.82) is 0 Å². The van der Waals surface area contributed by atoms with E-state index in [-0.39, 0.29) is 0 Å². The zero-order chi connectivity index (χ0) is 12.5. The highest BCUT2D eigenvalue weighted by molar-refractivity contribution is 4.79. The Bertz CT molecular complexity index is 179. The van der Waals surface area contributed by atoms with Crippen LogP contribution in [0, 0.1) is 5.92 Å². The van der Waals surface area contributed by atoms with Gasteiger partial charge in [0.15, 0.2) is 0 Å². The van der Waals surface area contributed by atoms with Gasteiger partial charge in [-0.25, -0.2) is 0 Å². The zero-order valence-corrected chi connectivity index (χ0v) is 11.7. The van der Waals surface area contributed by atoms with Gasteiger partial charge < -0.3 is 10.5 Å². The molecule has 3 heteroatoms. The van der Waals surface area contributed by atoms with Crippen LogP contribution in [0.25, 0.3) is 0 Å². The van der Waals surface area contributed by atoms with Gasteiger partial charge in [0.05, 0.1) is 6.61 Å². The van der Waals surface area contributed by atoms with Crippen molar-refractivity contribution in [2.75, 3.05) is 33.9 Å². The van der Waals surface area contributed by atoms with Crippen LogP contribution in [-0.2, 0) is 4.74 Å². The lowest BCUT2D eigenvalue weighted by Gasteiger charge is -2.34. The second kappa shape index (κ2) is 8.90. The number of ether oxygens (including phenoxy) is 1. The van der Waals surface area contributed by atoms with Crippen molar-refractivity contribution in [1.82, 2.24) is 4.90 Å². The SMILES string of the molecule is COCCN(C)C(CN)C1CCCCCCC1. The number of hydrogen-bond donors (Lipinski definition) is 1. The van der Waals surface area contributed by atoms with E-state index in [9.17, 15) is 0 Å². The molecular weight excluding hydrogens is 212 g/mol. The van der Waals surface area contributed by atoms with Crippen LogP contribution in [0.1, 0.15) is 44.9 Å². The topological polar surface area (TPSA) is 38.5 Å². The van der Waals surface area contributed by atoms with Crippen LogP contribution in [0.5, 0.6) is 0 Å². The van der Waals surface area contributed by atoms with Crippen molar-refractivity contribution in [3.8, 4) is 0 Å². The summed E-state index contributed by atoms with van der Waals surface area (Å²) in [4.78, 5) is 2.40. The van der Waals surface area contributed by atoms with Crippen molar-refractivity contribution in [3.63, 3.8) is 0 Å². The van der Waals surface area contributed by atoms with Crippen LogP contribution >= 0.6 is 0 Å². The van der Waals surface area contributed by atoms with E-state index < -0.39 is 0 Å². The Morgan fingerprint density at radius 3 is 2.29 bits per heavy atom. The van der Waals surface area contributed by atoms with E-state index in [0.717, 1.165) is 25.6 Å². The molecule has 0 aliphatic heterocycles. The van der Waals surface area contributed by atoms with E-state index in [0.29, 0.717) is 6.04 Å². The molecule has 1 atom stereocenters. The summed E-state index contributed by atoms with van der Waals surface area (Å²) in [7, 11) is 3.95. The van der Waals surface area contributed by atoms with Crippen LogP contribution in [0.4, 0.5) is 0 Å². The molecule has 0 aromatic carbocycles. The third kappa shape index (κ3) is 5.36. The fraction of sp³-hybridized carbons (Fsp3) is 1.00. The van der Waals surface area contributed by atoms with E-state index >= 15 is 0 Å². The average molecular weight is 242 g/mol. The summed E-state index contributed by atoms with van der Waals surface area (Å²) in [5.41, 5.74) is 5.98. The fourth-order valence-corrected chi connectivity index (χ4v) is 3.01. The fourth-order valence-electron chi connectivity index (χ4n) is 3.01. The van der Waals surface area contributed by atoms with Crippen molar-refractivity contribution < 1.29 is 4.74 Å². The minimum absolute atomic E-state index is 0.545. The molecule has 0 aromatic rings. The molecule has 0 amide bonds. The van der Waals surface area contributed by atoms with Gasteiger partial charge >= 0.3 is 0 Å². The van der Waals surface area contributed by atoms with Gasteiger partial charge in [-0.3, -0.25) is 4.90 Å². The van der Waals surface area contributed by atoms with Crippen molar-refractivity contribution in [2.24, 2.45) is 11.7 Å². The molecule has 1 unspecified atom stereocenters. The molecule has 17 heavy (non-hydrogen) atoms. The molecule has 1 fully saturated rings. The monoisotopic (exact) mass is 242 g/mol. The maximum absolute atomic E-state index is 5.98. The van der Waals surface area contributed by atoms with Crippen LogP contribution in [0.2, 0.25) is 0 Å². The highest BCUT2D eigenvalue weighted by Crippen LogP contribution is 2.26. The number of nitrogens with zero attached hydrogens (tertiary/aromatic N) is 1. The predicted octanol–water partition coefficient (Wildman–Crippen LogP) is 2.25. The van der Waals surface area contributed by atoms with E-state index in [1.165, 1.54) is 44.9 Å². The van der Waals surface area contributed by atoms with E-state index in [4.69, 9.17) is 10.5 Å². The molecule has 1 aliphatic carbocycles. The Hall–Kier alpha value is -0.120. The molecule has 0 saturated heterocycles. The molecule has 0 aromatic heterocycles. The van der Waals surface area contributed by atoms with Gasteiger partial charge in [0.25, 0.3) is 0 Å². The van der Waals surface area contributed by atoms with Gasteiger partial charge in [-0.05, 0) is 25.8 Å². The summed E-state index contributed by atoms with van der Waals surface area (Å²) in [6, 6.07) is 0.545. The van der Waals surface area contributed by atoms with Gasteiger partial charge in [0.2, 0.25) is 0 Å². The molecule has 0 spiro atoms. The third-order valence-electron chi connectivity index (χ3n) is 4.15. The van der Waals surface area contributed by atoms with Crippen molar-refractivity contribution in [3.05, 3.63) is 0 Å². The zero-order valence-electron chi connectivity index (χ0n) is 11.7. The lowest BCUT2D eigenvalue weighted by atomic mass is 9.85. The Labute approximate surface area is 107 Å². The number of hydrogen-bond acceptors (Lipinski definition) is 3. The van der Waals surface area contributed by atoms with Crippen LogP contribution in [0.15, 0.2) is 0 Å². The maximum Gasteiger partial charge on any atom is 0.0589 e. The molecule has 0 heterocycles. The molecule has 102 valence electrons. The van der Waals surface area contributed by atoms with Crippen LogP contribution in [-0.4, -0.2) is 44.8 Å². The molecule has 3 nitrogen and oxygen atoms in total. The minimum atomic E-state index is 0.545. The van der Waals surface area contributed by atoms with Gasteiger partial charge in [-0.1, -0.05) is 32.1 Å². The number of methoxy groups -OCH3 is 1. The highest BCUT2D eigenvalue weighted by Gasteiger charge is 2.24. The normalized spacial score (nSPS) is 21.2. The van der Waals surface area contributed by atoms with Gasteiger partial charge in [0, 0.05) is 26.2 Å². The first kappa shape index (κ1) is 14.9. The predicted molar refractivity (Wildman–Crippen MR) is 73.2 cm³/mol. The lowest BCUT2D eigenvalue weighted by Crippen LogP contribution is -2.45. The first-order valence-electron chi connectivity index (χ1n) is 7.18. The van der Waals surface area contributed by atoms with Crippen molar-refractivity contribution in [2.45, 2.75) is 51.0 Å². The van der Waals surface area contributed by atoms with Gasteiger partial charge in [-0.15, -0.1) is 0 Å². The van der Waals surface area contributed by atoms with E-state index in [1.54, 1.807) is 7.11 Å². The largest absolute Gasteiger partial charge is 0.383 e. The van der Waals surface area contributed by atoms with Crippen LogP contribution < -0.4 is 5.73 Å². The highest BCUT2D eigenvalue weighted by atomic mass is 16.5. The summed E-state index contributed by atoms with van der Waals surface area (Å²) >= 11 is 0. The summed E-state index contributed by atoms with van der Waals surface area (Å²) in [6.07, 6.45) is 9.75. The molecule has 0 radical (unpaired) electrons. The molecule has 1 aliphatic rings. The molecule has 2 N–H and O–H groups in total. The minimum Gasteiger partial charge on any atom is -0.383 e. The number of nitrogens with two attached hydrogens (primary N) is 1.